The first kappa shape index (κ1) is 18.1. The van der Waals surface area contributed by atoms with Gasteiger partial charge in [-0.05, 0) is 17.7 Å². The Labute approximate surface area is 168 Å². The Morgan fingerprint density at radius 2 is 1.43 bits per heavy atom. The van der Waals surface area contributed by atoms with Gasteiger partial charge in [-0.3, -0.25) is 9.36 Å². The quantitative estimate of drug-likeness (QED) is 0.482. The topological polar surface area (TPSA) is 60.9 Å². The van der Waals surface area contributed by atoms with Crippen LogP contribution < -0.4 is 5.73 Å². The molecule has 1 aromatic heterocycles. The molecule has 0 saturated carbocycles. The minimum absolute atomic E-state index is 0.389. The van der Waals surface area contributed by atoms with E-state index in [0.717, 1.165) is 27.7 Å². The van der Waals surface area contributed by atoms with Gasteiger partial charge in [-0.25, -0.2) is 4.98 Å². The minimum Gasteiger partial charge on any atom is -0.368 e. The van der Waals surface area contributed by atoms with Gasteiger partial charge in [-0.15, -0.1) is 0 Å². The van der Waals surface area contributed by atoms with Crippen molar-refractivity contribution >= 4 is 17.7 Å². The van der Waals surface area contributed by atoms with Crippen LogP contribution in [0.1, 0.15) is 10.8 Å². The molecule has 0 saturated heterocycles. The van der Waals surface area contributed by atoms with Crippen LogP contribution >= 0.6 is 11.8 Å². The van der Waals surface area contributed by atoms with Crippen molar-refractivity contribution in [1.82, 2.24) is 9.55 Å². The van der Waals surface area contributed by atoms with E-state index in [1.54, 1.807) is 0 Å². The standard InChI is InChI=1S/C23H19N3OS/c24-22(27)21(18-12-6-2-7-13-18)28-23-25-16-20(17-10-4-1-5-11-17)26(23)19-14-8-3-9-15-19/h1-16,21H,(H2,24,27)/t21-/m0/s1. The molecule has 138 valence electrons. The lowest BCUT2D eigenvalue weighted by Crippen LogP contribution is -2.19. The molecule has 0 aliphatic carbocycles. The molecule has 0 spiro atoms. The van der Waals surface area contributed by atoms with E-state index in [1.807, 2.05) is 97.2 Å². The Hall–Kier alpha value is -3.31. The second-order valence-corrected chi connectivity index (χ2v) is 7.35. The zero-order chi connectivity index (χ0) is 19.3. The highest BCUT2D eigenvalue weighted by molar-refractivity contribution is 8.00. The molecular formula is C23H19N3OS. The maximum Gasteiger partial charge on any atom is 0.235 e. The smallest absolute Gasteiger partial charge is 0.235 e. The van der Waals surface area contributed by atoms with Crippen molar-refractivity contribution in [3.05, 3.63) is 103 Å². The van der Waals surface area contributed by atoms with Crippen LogP contribution in [0.5, 0.6) is 0 Å². The summed E-state index contributed by atoms with van der Waals surface area (Å²) in [6.45, 7) is 0. The molecule has 2 N–H and O–H groups in total. The molecule has 0 aliphatic heterocycles. The first-order chi connectivity index (χ1) is 13.7. The summed E-state index contributed by atoms with van der Waals surface area (Å²) in [6, 6.07) is 29.7. The predicted molar refractivity (Wildman–Crippen MR) is 113 cm³/mol. The maximum atomic E-state index is 12.2. The van der Waals surface area contributed by atoms with E-state index in [1.165, 1.54) is 11.8 Å². The average molecular weight is 385 g/mol. The molecule has 1 amide bonds. The Kier molecular flexibility index (Phi) is 5.26. The molecule has 1 heterocycles. The van der Waals surface area contributed by atoms with Gasteiger partial charge in [0, 0.05) is 11.3 Å². The number of primary amides is 1. The third-order valence-electron chi connectivity index (χ3n) is 4.40. The van der Waals surface area contributed by atoms with Crippen molar-refractivity contribution in [2.45, 2.75) is 10.4 Å². The zero-order valence-electron chi connectivity index (χ0n) is 15.1. The fraction of sp³-hybridized carbons (Fsp3) is 0.0435. The first-order valence-electron chi connectivity index (χ1n) is 8.93. The predicted octanol–water partition coefficient (Wildman–Crippen LogP) is 4.86. The molecular weight excluding hydrogens is 366 g/mol. The molecule has 4 nitrogen and oxygen atoms in total. The minimum atomic E-state index is -0.519. The number of hydrogen-bond donors (Lipinski definition) is 1. The highest BCUT2D eigenvalue weighted by Gasteiger charge is 2.23. The summed E-state index contributed by atoms with van der Waals surface area (Å²) in [6.07, 6.45) is 1.84. The lowest BCUT2D eigenvalue weighted by atomic mass is 10.1. The molecule has 0 radical (unpaired) electrons. The van der Waals surface area contributed by atoms with Crippen LogP contribution in [0.3, 0.4) is 0 Å². The number of amides is 1. The molecule has 0 unspecified atom stereocenters. The molecule has 0 fully saturated rings. The monoisotopic (exact) mass is 385 g/mol. The number of nitrogens with zero attached hydrogens (tertiary/aromatic N) is 2. The van der Waals surface area contributed by atoms with Gasteiger partial charge in [0.05, 0.1) is 11.9 Å². The Morgan fingerprint density at radius 1 is 0.857 bits per heavy atom. The average Bonchev–Trinajstić information content (AvgIpc) is 3.17. The maximum absolute atomic E-state index is 12.2. The van der Waals surface area contributed by atoms with Crippen molar-refractivity contribution in [2.75, 3.05) is 0 Å². The summed E-state index contributed by atoms with van der Waals surface area (Å²) >= 11 is 1.36. The number of imidazole rings is 1. The number of thioether (sulfide) groups is 1. The van der Waals surface area contributed by atoms with Crippen LogP contribution in [0.2, 0.25) is 0 Å². The second-order valence-electron chi connectivity index (χ2n) is 6.27. The number of benzene rings is 3. The molecule has 5 heteroatoms. The molecule has 0 bridgehead atoms. The Morgan fingerprint density at radius 3 is 2.04 bits per heavy atom. The third kappa shape index (κ3) is 3.70. The number of carbonyl (C=O) groups excluding carboxylic acids is 1. The van der Waals surface area contributed by atoms with Gasteiger partial charge >= 0.3 is 0 Å². The van der Waals surface area contributed by atoms with E-state index in [2.05, 4.69) is 9.55 Å². The van der Waals surface area contributed by atoms with Gasteiger partial charge in [-0.2, -0.15) is 0 Å². The summed E-state index contributed by atoms with van der Waals surface area (Å²) in [5, 5.41) is 0.201. The number of carbonyl (C=O) groups is 1. The molecule has 4 aromatic rings. The van der Waals surface area contributed by atoms with Gasteiger partial charge in [0.2, 0.25) is 5.91 Å². The zero-order valence-corrected chi connectivity index (χ0v) is 15.9. The Balaban J connectivity index is 1.81. The van der Waals surface area contributed by atoms with Gasteiger partial charge < -0.3 is 5.73 Å². The van der Waals surface area contributed by atoms with Crippen molar-refractivity contribution in [2.24, 2.45) is 5.73 Å². The van der Waals surface area contributed by atoms with E-state index in [0.29, 0.717) is 0 Å². The summed E-state index contributed by atoms with van der Waals surface area (Å²) in [5.41, 5.74) is 9.60. The second kappa shape index (κ2) is 8.15. The molecule has 1 atom stereocenters. The fourth-order valence-electron chi connectivity index (χ4n) is 3.08. The number of aromatic nitrogens is 2. The molecule has 28 heavy (non-hydrogen) atoms. The van der Waals surface area contributed by atoms with E-state index >= 15 is 0 Å². The van der Waals surface area contributed by atoms with Crippen LogP contribution in [0.4, 0.5) is 0 Å². The van der Waals surface area contributed by atoms with Gasteiger partial charge in [0.15, 0.2) is 5.16 Å². The summed E-state index contributed by atoms with van der Waals surface area (Å²) in [4.78, 5) is 16.8. The number of nitrogens with two attached hydrogens (primary N) is 1. The van der Waals surface area contributed by atoms with Gasteiger partial charge in [0.25, 0.3) is 0 Å². The number of hydrogen-bond acceptors (Lipinski definition) is 3. The largest absolute Gasteiger partial charge is 0.368 e. The van der Waals surface area contributed by atoms with Crippen molar-refractivity contribution < 1.29 is 4.79 Å². The van der Waals surface area contributed by atoms with Gasteiger partial charge in [-0.1, -0.05) is 90.6 Å². The Bertz CT molecular complexity index is 1060. The van der Waals surface area contributed by atoms with Crippen LogP contribution in [0.25, 0.3) is 16.9 Å². The lowest BCUT2D eigenvalue weighted by Gasteiger charge is -2.16. The normalized spacial score (nSPS) is 11.9. The molecule has 3 aromatic carbocycles. The van der Waals surface area contributed by atoms with Crippen LogP contribution in [0, 0.1) is 0 Å². The highest BCUT2D eigenvalue weighted by Crippen LogP contribution is 2.37. The first-order valence-corrected chi connectivity index (χ1v) is 9.81. The summed E-state index contributed by atoms with van der Waals surface area (Å²) < 4.78 is 2.07. The fourth-order valence-corrected chi connectivity index (χ4v) is 4.12. The molecule has 0 aliphatic rings. The van der Waals surface area contributed by atoms with Crippen molar-refractivity contribution in [1.29, 1.82) is 0 Å². The summed E-state index contributed by atoms with van der Waals surface area (Å²) in [5.74, 6) is -0.389. The SMILES string of the molecule is NC(=O)[C@@H](Sc1ncc(-c2ccccc2)n1-c1ccccc1)c1ccccc1. The van der Waals surface area contributed by atoms with E-state index in [-0.39, 0.29) is 5.91 Å². The number of para-hydroxylation sites is 1. The third-order valence-corrected chi connectivity index (χ3v) is 5.64. The van der Waals surface area contributed by atoms with Crippen LogP contribution in [-0.2, 0) is 4.79 Å². The van der Waals surface area contributed by atoms with E-state index in [9.17, 15) is 4.79 Å². The van der Waals surface area contributed by atoms with Gasteiger partial charge in [0.1, 0.15) is 5.25 Å². The molecule has 4 rings (SSSR count). The summed E-state index contributed by atoms with van der Waals surface area (Å²) in [7, 11) is 0. The highest BCUT2D eigenvalue weighted by atomic mass is 32.2. The van der Waals surface area contributed by atoms with Crippen LogP contribution in [0.15, 0.2) is 102 Å². The van der Waals surface area contributed by atoms with E-state index in [4.69, 9.17) is 5.73 Å². The number of rotatable bonds is 6. The van der Waals surface area contributed by atoms with Crippen LogP contribution in [-0.4, -0.2) is 15.5 Å². The van der Waals surface area contributed by atoms with Crippen molar-refractivity contribution in [3.63, 3.8) is 0 Å². The van der Waals surface area contributed by atoms with Crippen molar-refractivity contribution in [3.8, 4) is 16.9 Å². The lowest BCUT2D eigenvalue weighted by molar-refractivity contribution is -0.117. The van der Waals surface area contributed by atoms with E-state index < -0.39 is 5.25 Å².